The first kappa shape index (κ1) is 11.4. The lowest BCUT2D eigenvalue weighted by Gasteiger charge is -2.18. The lowest BCUT2D eigenvalue weighted by molar-refractivity contribution is -0.142. The summed E-state index contributed by atoms with van der Waals surface area (Å²) in [6.07, 6.45) is 2.76. The van der Waals surface area contributed by atoms with Gasteiger partial charge in [-0.15, -0.1) is 0 Å². The molecule has 0 saturated heterocycles. The smallest absolute Gasteiger partial charge is 0.323 e. The highest BCUT2D eigenvalue weighted by molar-refractivity contribution is 5.77. The summed E-state index contributed by atoms with van der Waals surface area (Å²) in [6, 6.07) is 0. The first-order valence-electron chi connectivity index (χ1n) is 4.14. The van der Waals surface area contributed by atoms with E-state index in [0.29, 0.717) is 6.42 Å². The van der Waals surface area contributed by atoms with Gasteiger partial charge < -0.3 is 15.9 Å². The van der Waals surface area contributed by atoms with Crippen molar-refractivity contribution in [3.63, 3.8) is 0 Å². The Morgan fingerprint density at radius 1 is 1.42 bits per heavy atom. The zero-order valence-corrected chi connectivity index (χ0v) is 7.42. The number of aliphatic carboxylic acids is 1. The standard InChI is InChI=1S/C8H17NO3/c1-8(9,7(11)12)5-3-2-4-6-10/h10H,2-6,9H2,1H3,(H,11,12). The van der Waals surface area contributed by atoms with Gasteiger partial charge >= 0.3 is 5.97 Å². The number of unbranched alkanes of at least 4 members (excludes halogenated alkanes) is 2. The molecule has 0 bridgehead atoms. The molecule has 0 heterocycles. The van der Waals surface area contributed by atoms with Gasteiger partial charge in [0.25, 0.3) is 0 Å². The third-order valence-corrected chi connectivity index (χ3v) is 1.84. The van der Waals surface area contributed by atoms with Crippen LogP contribution >= 0.6 is 0 Å². The second-order valence-corrected chi connectivity index (χ2v) is 3.26. The van der Waals surface area contributed by atoms with Crippen LogP contribution in [0.1, 0.15) is 32.6 Å². The second-order valence-electron chi connectivity index (χ2n) is 3.26. The largest absolute Gasteiger partial charge is 0.480 e. The second kappa shape index (κ2) is 5.11. The van der Waals surface area contributed by atoms with Crippen LogP contribution in [0, 0.1) is 0 Å². The average molecular weight is 175 g/mol. The summed E-state index contributed by atoms with van der Waals surface area (Å²) >= 11 is 0. The molecule has 12 heavy (non-hydrogen) atoms. The van der Waals surface area contributed by atoms with Crippen molar-refractivity contribution in [1.29, 1.82) is 0 Å². The monoisotopic (exact) mass is 175 g/mol. The first-order valence-corrected chi connectivity index (χ1v) is 4.14. The Kier molecular flexibility index (Phi) is 4.85. The number of hydrogen-bond acceptors (Lipinski definition) is 3. The van der Waals surface area contributed by atoms with Crippen molar-refractivity contribution in [2.75, 3.05) is 6.61 Å². The van der Waals surface area contributed by atoms with Gasteiger partial charge in [-0.3, -0.25) is 4.79 Å². The quantitative estimate of drug-likeness (QED) is 0.508. The Morgan fingerprint density at radius 2 is 2.00 bits per heavy atom. The predicted molar refractivity (Wildman–Crippen MR) is 45.8 cm³/mol. The minimum absolute atomic E-state index is 0.161. The van der Waals surface area contributed by atoms with Gasteiger partial charge in [-0.05, 0) is 19.8 Å². The van der Waals surface area contributed by atoms with Crippen LogP contribution in [0.4, 0.5) is 0 Å². The molecule has 0 aromatic rings. The number of carboxylic acids is 1. The summed E-state index contributed by atoms with van der Waals surface area (Å²) in [5, 5.41) is 17.1. The van der Waals surface area contributed by atoms with Crippen molar-refractivity contribution in [2.24, 2.45) is 5.73 Å². The molecule has 1 unspecified atom stereocenters. The van der Waals surface area contributed by atoms with Gasteiger partial charge in [-0.2, -0.15) is 0 Å². The molecule has 0 fully saturated rings. The van der Waals surface area contributed by atoms with Crippen LogP contribution in [0.3, 0.4) is 0 Å². The number of aliphatic hydroxyl groups is 1. The highest BCUT2D eigenvalue weighted by Gasteiger charge is 2.26. The predicted octanol–water partition coefficient (Wildman–Crippen LogP) is 0.341. The average Bonchev–Trinajstić information content (AvgIpc) is 1.98. The van der Waals surface area contributed by atoms with Gasteiger partial charge in [0, 0.05) is 6.61 Å². The zero-order valence-electron chi connectivity index (χ0n) is 7.42. The van der Waals surface area contributed by atoms with Gasteiger partial charge in [0.15, 0.2) is 0 Å². The molecule has 4 N–H and O–H groups in total. The van der Waals surface area contributed by atoms with E-state index in [9.17, 15) is 4.79 Å². The number of carboxylic acid groups (broad SMARTS) is 1. The molecule has 0 aromatic heterocycles. The molecule has 0 aliphatic rings. The van der Waals surface area contributed by atoms with E-state index in [1.165, 1.54) is 6.92 Å². The number of nitrogens with two attached hydrogens (primary N) is 1. The van der Waals surface area contributed by atoms with E-state index in [1.807, 2.05) is 0 Å². The number of carbonyl (C=O) groups is 1. The summed E-state index contributed by atoms with van der Waals surface area (Å²) in [5.74, 6) is -0.966. The molecular formula is C8H17NO3. The van der Waals surface area contributed by atoms with Crippen molar-refractivity contribution in [1.82, 2.24) is 0 Å². The summed E-state index contributed by atoms with van der Waals surface area (Å²) in [5.41, 5.74) is 4.36. The van der Waals surface area contributed by atoms with Crippen LogP contribution < -0.4 is 5.73 Å². The third kappa shape index (κ3) is 4.31. The Labute approximate surface area is 72.4 Å². The Bertz CT molecular complexity index is 145. The van der Waals surface area contributed by atoms with E-state index >= 15 is 0 Å². The maximum atomic E-state index is 10.5. The van der Waals surface area contributed by atoms with Crippen LogP contribution in [-0.4, -0.2) is 28.3 Å². The fourth-order valence-electron chi connectivity index (χ4n) is 0.888. The molecule has 0 rings (SSSR count). The van der Waals surface area contributed by atoms with Crippen LogP contribution in [0.2, 0.25) is 0 Å². The molecule has 0 spiro atoms. The van der Waals surface area contributed by atoms with E-state index < -0.39 is 11.5 Å². The number of rotatable bonds is 6. The van der Waals surface area contributed by atoms with Crippen molar-refractivity contribution >= 4 is 5.97 Å². The van der Waals surface area contributed by atoms with Crippen LogP contribution in [0.25, 0.3) is 0 Å². The lowest BCUT2D eigenvalue weighted by atomic mass is 9.96. The molecule has 0 amide bonds. The molecule has 72 valence electrons. The Hall–Kier alpha value is -0.610. The summed E-state index contributed by atoms with van der Waals surface area (Å²) < 4.78 is 0. The van der Waals surface area contributed by atoms with Crippen molar-refractivity contribution in [3.8, 4) is 0 Å². The molecule has 0 radical (unpaired) electrons. The third-order valence-electron chi connectivity index (χ3n) is 1.84. The fraction of sp³-hybridized carbons (Fsp3) is 0.875. The van der Waals surface area contributed by atoms with E-state index in [-0.39, 0.29) is 6.61 Å². The molecule has 0 aromatic carbocycles. The molecule has 4 nitrogen and oxygen atoms in total. The van der Waals surface area contributed by atoms with E-state index in [2.05, 4.69) is 0 Å². The minimum Gasteiger partial charge on any atom is -0.480 e. The van der Waals surface area contributed by atoms with Crippen molar-refractivity contribution < 1.29 is 15.0 Å². The maximum Gasteiger partial charge on any atom is 0.323 e. The normalized spacial score (nSPS) is 15.6. The van der Waals surface area contributed by atoms with E-state index in [0.717, 1.165) is 19.3 Å². The minimum atomic E-state index is -1.12. The Morgan fingerprint density at radius 3 is 2.42 bits per heavy atom. The molecule has 0 saturated carbocycles. The van der Waals surface area contributed by atoms with Gasteiger partial charge in [0.05, 0.1) is 0 Å². The van der Waals surface area contributed by atoms with Gasteiger partial charge in [-0.1, -0.05) is 12.8 Å². The fourth-order valence-corrected chi connectivity index (χ4v) is 0.888. The maximum absolute atomic E-state index is 10.5. The summed E-state index contributed by atoms with van der Waals surface area (Å²) in [7, 11) is 0. The van der Waals surface area contributed by atoms with E-state index in [4.69, 9.17) is 15.9 Å². The molecule has 0 aliphatic heterocycles. The zero-order chi connectivity index (χ0) is 9.61. The SMILES string of the molecule is CC(N)(CCCCCO)C(=O)O. The molecule has 1 atom stereocenters. The molecule has 4 heteroatoms. The van der Waals surface area contributed by atoms with E-state index in [1.54, 1.807) is 0 Å². The number of aliphatic hydroxyl groups excluding tert-OH is 1. The Balaban J connectivity index is 3.54. The van der Waals surface area contributed by atoms with Gasteiger partial charge in [-0.25, -0.2) is 0 Å². The van der Waals surface area contributed by atoms with Gasteiger partial charge in [0.2, 0.25) is 0 Å². The lowest BCUT2D eigenvalue weighted by Crippen LogP contribution is -2.44. The highest BCUT2D eigenvalue weighted by atomic mass is 16.4. The highest BCUT2D eigenvalue weighted by Crippen LogP contribution is 2.11. The van der Waals surface area contributed by atoms with Crippen LogP contribution in [0.5, 0.6) is 0 Å². The van der Waals surface area contributed by atoms with Crippen molar-refractivity contribution in [2.45, 2.75) is 38.1 Å². The first-order chi connectivity index (χ1) is 5.50. The summed E-state index contributed by atoms with van der Waals surface area (Å²) in [6.45, 7) is 1.67. The molecular weight excluding hydrogens is 158 g/mol. The molecule has 0 aliphatic carbocycles. The van der Waals surface area contributed by atoms with Gasteiger partial charge in [0.1, 0.15) is 5.54 Å². The topological polar surface area (TPSA) is 83.5 Å². The van der Waals surface area contributed by atoms with Crippen molar-refractivity contribution in [3.05, 3.63) is 0 Å². The van der Waals surface area contributed by atoms with Crippen LogP contribution in [0.15, 0.2) is 0 Å². The summed E-state index contributed by atoms with van der Waals surface area (Å²) in [4.78, 5) is 10.5. The number of hydrogen-bond donors (Lipinski definition) is 3. The van der Waals surface area contributed by atoms with Crippen LogP contribution in [-0.2, 0) is 4.79 Å².